The molecule has 8 nitrogen and oxygen atoms in total. The van der Waals surface area contributed by atoms with Crippen LogP contribution in [0.4, 0.5) is 5.69 Å². The molecule has 0 amide bonds. The van der Waals surface area contributed by atoms with E-state index >= 15 is 0 Å². The molecule has 0 aliphatic rings. The highest BCUT2D eigenvalue weighted by atomic mass is 16.4. The van der Waals surface area contributed by atoms with Crippen molar-refractivity contribution in [2.45, 2.75) is 0 Å². The van der Waals surface area contributed by atoms with Gasteiger partial charge in [0.15, 0.2) is 11.0 Å². The van der Waals surface area contributed by atoms with Crippen molar-refractivity contribution in [3.05, 3.63) is 42.1 Å². The molecule has 0 aliphatic heterocycles. The summed E-state index contributed by atoms with van der Waals surface area (Å²) in [6.45, 7) is 0. The monoisotopic (exact) mass is 197 g/mol. The number of nitrogens with zero attached hydrogens (tertiary/aromatic N) is 3. The second-order valence-electron chi connectivity index (χ2n) is 2.21. The van der Waals surface area contributed by atoms with Crippen molar-refractivity contribution >= 4 is 5.69 Å². The van der Waals surface area contributed by atoms with Crippen LogP contribution in [-0.4, -0.2) is 10.4 Å². The van der Waals surface area contributed by atoms with E-state index in [0.29, 0.717) is 6.07 Å². The molecule has 0 saturated heterocycles. The van der Waals surface area contributed by atoms with E-state index in [0.717, 1.165) is 0 Å². The van der Waals surface area contributed by atoms with Crippen molar-refractivity contribution < 1.29 is 10.4 Å². The Morgan fingerprint density at radius 1 is 1.07 bits per heavy atom. The van der Waals surface area contributed by atoms with E-state index in [1.165, 1.54) is 0 Å². The largest absolute Gasteiger partial charge is 0.410 e. The van der Waals surface area contributed by atoms with Crippen molar-refractivity contribution in [3.63, 3.8) is 0 Å². The summed E-state index contributed by atoms with van der Waals surface area (Å²) in [5, 5.41) is 22.3. The molecular formula is C6H3N3O5. The molecule has 0 aromatic heterocycles. The Morgan fingerprint density at radius 2 is 1.71 bits per heavy atom. The molecule has 0 atom stereocenters. The second-order valence-corrected chi connectivity index (χ2v) is 2.21. The second kappa shape index (κ2) is 3.56. The van der Waals surface area contributed by atoms with E-state index < -0.39 is 27.3 Å². The molecule has 0 bridgehead atoms. The Bertz CT molecular complexity index is 581. The number of nitroso groups, excluding NO2 is 1. The minimum absolute atomic E-state index is 0.591. The number of benzene rings is 1. The molecule has 8 heteroatoms. The van der Waals surface area contributed by atoms with Crippen LogP contribution in [0.15, 0.2) is 31.1 Å². The third-order valence-corrected chi connectivity index (χ3v) is 1.47. The summed E-state index contributed by atoms with van der Waals surface area (Å²) in [4.78, 5) is 32.2. The first-order valence-electron chi connectivity index (χ1n) is 3.24. The lowest BCUT2D eigenvalue weighted by molar-refractivity contribution is 0.295. The van der Waals surface area contributed by atoms with Crippen LogP contribution in [0, 0.1) is 4.91 Å². The predicted octanol–water partition coefficient (Wildman–Crippen LogP) is -1.74. The van der Waals surface area contributed by atoms with Gasteiger partial charge in [0.2, 0.25) is 16.2 Å². The third kappa shape index (κ3) is 1.28. The van der Waals surface area contributed by atoms with Crippen molar-refractivity contribution in [3.8, 4) is 0 Å². The summed E-state index contributed by atoms with van der Waals surface area (Å²) in [6, 6.07) is 0.701. The SMILES string of the molecule is O=Nc1c/c(=N\O)c(=O)/c(=N/O)c1=O. The highest BCUT2D eigenvalue weighted by Gasteiger charge is 2.08. The zero-order valence-electron chi connectivity index (χ0n) is 6.54. The fourth-order valence-corrected chi connectivity index (χ4v) is 0.839. The van der Waals surface area contributed by atoms with Crippen molar-refractivity contribution in [2.75, 3.05) is 0 Å². The zero-order valence-corrected chi connectivity index (χ0v) is 6.54. The highest BCUT2D eigenvalue weighted by molar-refractivity contribution is 5.34. The average Bonchev–Trinajstić information content (AvgIpc) is 2.19. The molecule has 0 radical (unpaired) electrons. The summed E-state index contributed by atoms with van der Waals surface area (Å²) in [5.74, 6) is 0. The van der Waals surface area contributed by atoms with Gasteiger partial charge in [-0.25, -0.2) is 0 Å². The molecule has 14 heavy (non-hydrogen) atoms. The number of rotatable bonds is 1. The van der Waals surface area contributed by atoms with Gasteiger partial charge >= 0.3 is 0 Å². The quantitative estimate of drug-likeness (QED) is 0.313. The molecule has 0 unspecified atom stereocenters. The molecule has 1 aromatic rings. The van der Waals surface area contributed by atoms with Gasteiger partial charge in [-0.15, -0.1) is 4.91 Å². The molecule has 0 fully saturated rings. The van der Waals surface area contributed by atoms with Crippen molar-refractivity contribution in [2.24, 2.45) is 15.5 Å². The Balaban J connectivity index is 4.06. The maximum absolute atomic E-state index is 11.1. The summed E-state index contributed by atoms with van der Waals surface area (Å²) < 4.78 is 0. The summed E-state index contributed by atoms with van der Waals surface area (Å²) in [6.07, 6.45) is 0. The van der Waals surface area contributed by atoms with E-state index in [4.69, 9.17) is 10.4 Å². The normalized spacial score (nSPS) is 13.1. The summed E-state index contributed by atoms with van der Waals surface area (Å²) >= 11 is 0. The fourth-order valence-electron chi connectivity index (χ4n) is 0.839. The lowest BCUT2D eigenvalue weighted by atomic mass is 10.3. The maximum atomic E-state index is 11.1. The van der Waals surface area contributed by atoms with Gasteiger partial charge in [-0.1, -0.05) is 10.3 Å². The van der Waals surface area contributed by atoms with E-state index in [2.05, 4.69) is 15.5 Å². The number of hydrogen-bond acceptors (Lipinski definition) is 8. The predicted molar refractivity (Wildman–Crippen MR) is 41.5 cm³/mol. The maximum Gasteiger partial charge on any atom is 0.240 e. The molecule has 1 rings (SSSR count). The molecule has 2 N–H and O–H groups in total. The minimum Gasteiger partial charge on any atom is -0.410 e. The van der Waals surface area contributed by atoms with Gasteiger partial charge in [-0.2, -0.15) is 0 Å². The molecule has 0 aliphatic carbocycles. The van der Waals surface area contributed by atoms with Crippen LogP contribution in [0.25, 0.3) is 0 Å². The van der Waals surface area contributed by atoms with Crippen molar-refractivity contribution in [1.82, 2.24) is 0 Å². The van der Waals surface area contributed by atoms with E-state index in [1.54, 1.807) is 0 Å². The minimum atomic E-state index is -1.11. The first kappa shape index (κ1) is 9.71. The Labute approximate surface area is 74.7 Å². The molecule has 0 spiro atoms. The summed E-state index contributed by atoms with van der Waals surface area (Å²) in [5.41, 5.74) is -2.85. The standard InChI is InChI=1S/C6H3N3O5/c10-5-2(7-12)1-3(8-13)6(11)4(5)9-14/h1,12,14H/b7-2+,9-4-. The van der Waals surface area contributed by atoms with Crippen molar-refractivity contribution in [1.29, 1.82) is 0 Å². The first-order valence-corrected chi connectivity index (χ1v) is 3.24. The Morgan fingerprint density at radius 3 is 2.14 bits per heavy atom. The zero-order chi connectivity index (χ0) is 10.7. The topological polar surface area (TPSA) is 129 Å². The van der Waals surface area contributed by atoms with Crippen LogP contribution >= 0.6 is 0 Å². The van der Waals surface area contributed by atoms with E-state index in [-0.39, 0.29) is 0 Å². The van der Waals surface area contributed by atoms with Gasteiger partial charge in [0.05, 0.1) is 0 Å². The van der Waals surface area contributed by atoms with Crippen LogP contribution in [0.5, 0.6) is 0 Å². The highest BCUT2D eigenvalue weighted by Crippen LogP contribution is 1.93. The van der Waals surface area contributed by atoms with Crippen LogP contribution < -0.4 is 21.6 Å². The van der Waals surface area contributed by atoms with Gasteiger partial charge in [0.25, 0.3) is 0 Å². The fraction of sp³-hybridized carbons (Fsp3) is 0. The number of hydrogen-bond donors (Lipinski definition) is 2. The smallest absolute Gasteiger partial charge is 0.240 e. The lowest BCUT2D eigenvalue weighted by Gasteiger charge is -1.85. The average molecular weight is 197 g/mol. The Hall–Kier alpha value is -2.38. The molecule has 72 valence electrons. The van der Waals surface area contributed by atoms with Gasteiger partial charge in [0, 0.05) is 6.07 Å². The molecule has 1 aromatic carbocycles. The third-order valence-electron chi connectivity index (χ3n) is 1.47. The van der Waals surface area contributed by atoms with Crippen LogP contribution in [0.2, 0.25) is 0 Å². The lowest BCUT2D eigenvalue weighted by Crippen LogP contribution is -2.47. The van der Waals surface area contributed by atoms with Gasteiger partial charge < -0.3 is 10.4 Å². The first-order chi connectivity index (χ1) is 6.65. The molecule has 0 saturated carbocycles. The van der Waals surface area contributed by atoms with E-state index in [9.17, 15) is 14.5 Å². The summed E-state index contributed by atoms with van der Waals surface area (Å²) in [7, 11) is 0. The van der Waals surface area contributed by atoms with Gasteiger partial charge in [0.1, 0.15) is 0 Å². The molecular weight excluding hydrogens is 194 g/mol. The van der Waals surface area contributed by atoms with Crippen LogP contribution in [0.1, 0.15) is 0 Å². The van der Waals surface area contributed by atoms with Gasteiger partial charge in [-0.3, -0.25) is 9.59 Å². The Kier molecular flexibility index (Phi) is 2.47. The van der Waals surface area contributed by atoms with Crippen LogP contribution in [0.3, 0.4) is 0 Å². The molecule has 0 heterocycles. The van der Waals surface area contributed by atoms with E-state index in [1.807, 2.05) is 0 Å². The van der Waals surface area contributed by atoms with Gasteiger partial charge in [-0.05, 0) is 5.18 Å². The van der Waals surface area contributed by atoms with Crippen LogP contribution in [-0.2, 0) is 0 Å².